The Morgan fingerprint density at radius 1 is 1.50 bits per heavy atom. The molecule has 1 heterocycles. The van der Waals surface area contributed by atoms with Gasteiger partial charge in [-0.3, -0.25) is 4.79 Å². The molecule has 0 saturated carbocycles. The maximum atomic E-state index is 12.2. The molecule has 0 bridgehead atoms. The van der Waals surface area contributed by atoms with Gasteiger partial charge in [0.2, 0.25) is 0 Å². The highest BCUT2D eigenvalue weighted by Gasteiger charge is 2.15. The quantitative estimate of drug-likeness (QED) is 0.917. The third-order valence-corrected chi connectivity index (χ3v) is 3.18. The fraction of sp³-hybridized carbons (Fsp3) is 0.286. The molecule has 0 radical (unpaired) electrons. The summed E-state index contributed by atoms with van der Waals surface area (Å²) in [6.07, 6.45) is 3.18. The number of benzene rings is 1. The number of carbonyl (C=O) groups excluding carboxylic acids is 1. The van der Waals surface area contributed by atoms with E-state index in [0.717, 1.165) is 5.69 Å². The molecule has 0 atom stereocenters. The minimum atomic E-state index is -0.144. The van der Waals surface area contributed by atoms with Gasteiger partial charge in [-0.15, -0.1) is 0 Å². The van der Waals surface area contributed by atoms with E-state index < -0.39 is 0 Å². The van der Waals surface area contributed by atoms with Gasteiger partial charge in [0.15, 0.2) is 0 Å². The third-order valence-electron chi connectivity index (χ3n) is 2.94. The molecule has 1 aromatic heterocycles. The highest BCUT2D eigenvalue weighted by molar-refractivity contribution is 6.30. The molecule has 2 rings (SSSR count). The van der Waals surface area contributed by atoms with Gasteiger partial charge < -0.3 is 10.0 Å². The molecule has 20 heavy (non-hydrogen) atoms. The molecular formula is C14H16ClN3O2. The molecule has 5 nitrogen and oxygen atoms in total. The number of hydrogen-bond acceptors (Lipinski definition) is 3. The largest absolute Gasteiger partial charge is 0.395 e. The minimum Gasteiger partial charge on any atom is -0.395 e. The van der Waals surface area contributed by atoms with Crippen molar-refractivity contribution in [2.75, 3.05) is 19.7 Å². The summed E-state index contributed by atoms with van der Waals surface area (Å²) in [5.41, 5.74) is 1.28. The number of likely N-dealkylation sites (N-methyl/N-ethyl adjacent to an activating group) is 1. The Hall–Kier alpha value is -1.85. The molecule has 0 aliphatic heterocycles. The second kappa shape index (κ2) is 6.54. The highest BCUT2D eigenvalue weighted by Crippen LogP contribution is 2.15. The first-order valence-electron chi connectivity index (χ1n) is 6.36. The van der Waals surface area contributed by atoms with E-state index in [1.54, 1.807) is 27.9 Å². The van der Waals surface area contributed by atoms with E-state index in [0.29, 0.717) is 23.7 Å². The summed E-state index contributed by atoms with van der Waals surface area (Å²) < 4.78 is 1.60. The van der Waals surface area contributed by atoms with Crippen LogP contribution in [0.15, 0.2) is 36.7 Å². The van der Waals surface area contributed by atoms with Crippen molar-refractivity contribution in [3.8, 4) is 5.69 Å². The summed E-state index contributed by atoms with van der Waals surface area (Å²) in [5.74, 6) is -0.144. The number of aliphatic hydroxyl groups excluding tert-OH is 1. The number of rotatable bonds is 5. The zero-order valence-electron chi connectivity index (χ0n) is 11.2. The molecule has 0 spiro atoms. The average Bonchev–Trinajstić information content (AvgIpc) is 2.94. The number of hydrogen-bond donors (Lipinski definition) is 1. The highest BCUT2D eigenvalue weighted by atomic mass is 35.5. The first kappa shape index (κ1) is 14.6. The van der Waals surface area contributed by atoms with E-state index in [2.05, 4.69) is 5.10 Å². The van der Waals surface area contributed by atoms with Crippen LogP contribution in [-0.2, 0) is 0 Å². The zero-order valence-corrected chi connectivity index (χ0v) is 11.9. The zero-order chi connectivity index (χ0) is 14.5. The van der Waals surface area contributed by atoms with Crippen molar-refractivity contribution >= 4 is 17.5 Å². The second-order valence-corrected chi connectivity index (χ2v) is 4.70. The van der Waals surface area contributed by atoms with Gasteiger partial charge >= 0.3 is 0 Å². The van der Waals surface area contributed by atoms with Crippen LogP contribution in [0.3, 0.4) is 0 Å². The Kier molecular flexibility index (Phi) is 4.76. The first-order valence-corrected chi connectivity index (χ1v) is 6.74. The Balaban J connectivity index is 2.22. The summed E-state index contributed by atoms with van der Waals surface area (Å²) >= 11 is 5.93. The monoisotopic (exact) mass is 293 g/mol. The normalized spacial score (nSPS) is 10.6. The fourth-order valence-corrected chi connectivity index (χ4v) is 2.08. The number of aliphatic hydroxyl groups is 1. The predicted octanol–water partition coefficient (Wildman–Crippen LogP) is 1.98. The lowest BCUT2D eigenvalue weighted by Crippen LogP contribution is -2.33. The first-order chi connectivity index (χ1) is 9.65. The Morgan fingerprint density at radius 2 is 2.30 bits per heavy atom. The number of halogens is 1. The number of aromatic nitrogens is 2. The van der Waals surface area contributed by atoms with E-state index in [9.17, 15) is 4.79 Å². The molecule has 1 amide bonds. The van der Waals surface area contributed by atoms with Crippen molar-refractivity contribution in [2.45, 2.75) is 6.92 Å². The summed E-state index contributed by atoms with van der Waals surface area (Å²) in [6, 6.07) is 7.23. The van der Waals surface area contributed by atoms with Crippen molar-refractivity contribution in [1.29, 1.82) is 0 Å². The van der Waals surface area contributed by atoms with Gasteiger partial charge in [-0.2, -0.15) is 5.10 Å². The summed E-state index contributed by atoms with van der Waals surface area (Å²) in [7, 11) is 0. The third kappa shape index (κ3) is 3.18. The van der Waals surface area contributed by atoms with E-state index in [-0.39, 0.29) is 12.5 Å². The second-order valence-electron chi connectivity index (χ2n) is 4.26. The van der Waals surface area contributed by atoms with Crippen molar-refractivity contribution in [1.82, 2.24) is 14.7 Å². The minimum absolute atomic E-state index is 0.0536. The van der Waals surface area contributed by atoms with Crippen molar-refractivity contribution in [3.63, 3.8) is 0 Å². The maximum Gasteiger partial charge on any atom is 0.257 e. The molecule has 0 aliphatic rings. The van der Waals surface area contributed by atoms with Gasteiger partial charge in [0.1, 0.15) is 0 Å². The SMILES string of the molecule is CCN(CCO)C(=O)c1cnn(-c2cccc(Cl)c2)c1. The van der Waals surface area contributed by atoms with Crippen LogP contribution < -0.4 is 0 Å². The topological polar surface area (TPSA) is 58.4 Å². The fourth-order valence-electron chi connectivity index (χ4n) is 1.90. The van der Waals surface area contributed by atoms with Crippen LogP contribution in [0.1, 0.15) is 17.3 Å². The number of carbonyl (C=O) groups is 1. The van der Waals surface area contributed by atoms with Crippen LogP contribution in [0.2, 0.25) is 5.02 Å². The lowest BCUT2D eigenvalue weighted by Gasteiger charge is -2.18. The molecule has 6 heteroatoms. The van der Waals surface area contributed by atoms with Crippen LogP contribution in [0.25, 0.3) is 5.69 Å². The smallest absolute Gasteiger partial charge is 0.257 e. The van der Waals surface area contributed by atoms with Gasteiger partial charge in [0.05, 0.1) is 24.1 Å². The van der Waals surface area contributed by atoms with Gasteiger partial charge in [0.25, 0.3) is 5.91 Å². The van der Waals surface area contributed by atoms with Crippen molar-refractivity contribution in [3.05, 3.63) is 47.2 Å². The maximum absolute atomic E-state index is 12.2. The van der Waals surface area contributed by atoms with Crippen LogP contribution in [0.5, 0.6) is 0 Å². The van der Waals surface area contributed by atoms with Gasteiger partial charge in [-0.25, -0.2) is 4.68 Å². The van der Waals surface area contributed by atoms with E-state index >= 15 is 0 Å². The number of nitrogens with zero attached hydrogens (tertiary/aromatic N) is 3. The lowest BCUT2D eigenvalue weighted by molar-refractivity contribution is 0.0732. The summed E-state index contributed by atoms with van der Waals surface area (Å²) in [6.45, 7) is 2.68. The lowest BCUT2D eigenvalue weighted by atomic mass is 10.3. The Bertz CT molecular complexity index is 598. The van der Waals surface area contributed by atoms with E-state index in [4.69, 9.17) is 16.7 Å². The molecule has 2 aromatic rings. The van der Waals surface area contributed by atoms with Gasteiger partial charge in [-0.1, -0.05) is 17.7 Å². The van der Waals surface area contributed by atoms with Gasteiger partial charge in [-0.05, 0) is 25.1 Å². The van der Waals surface area contributed by atoms with Crippen LogP contribution in [-0.4, -0.2) is 45.4 Å². The molecule has 0 fully saturated rings. The summed E-state index contributed by atoms with van der Waals surface area (Å²) in [4.78, 5) is 13.8. The molecule has 0 unspecified atom stereocenters. The average molecular weight is 294 g/mol. The number of amides is 1. The van der Waals surface area contributed by atoms with Crippen molar-refractivity contribution < 1.29 is 9.90 Å². The van der Waals surface area contributed by atoms with E-state index in [1.807, 2.05) is 19.1 Å². The van der Waals surface area contributed by atoms with Crippen molar-refractivity contribution in [2.24, 2.45) is 0 Å². The van der Waals surface area contributed by atoms with Crippen LogP contribution >= 0.6 is 11.6 Å². The van der Waals surface area contributed by atoms with Crippen LogP contribution in [0, 0.1) is 0 Å². The Labute approximate surface area is 122 Å². The van der Waals surface area contributed by atoms with E-state index in [1.165, 1.54) is 6.20 Å². The Morgan fingerprint density at radius 3 is 2.95 bits per heavy atom. The predicted molar refractivity (Wildman–Crippen MR) is 77.2 cm³/mol. The molecule has 0 aliphatic carbocycles. The van der Waals surface area contributed by atoms with Crippen LogP contribution in [0.4, 0.5) is 0 Å². The summed E-state index contributed by atoms with van der Waals surface area (Å²) in [5, 5.41) is 13.7. The molecule has 0 saturated heterocycles. The standard InChI is InChI=1S/C14H16ClN3O2/c1-2-17(6-7-19)14(20)11-9-16-18(10-11)13-5-3-4-12(15)8-13/h3-5,8-10,19H,2,6-7H2,1H3. The molecule has 106 valence electrons. The van der Waals surface area contributed by atoms with Gasteiger partial charge in [0, 0.05) is 24.3 Å². The molecular weight excluding hydrogens is 278 g/mol. The molecule has 1 aromatic carbocycles. The molecule has 1 N–H and O–H groups in total.